The molecule has 0 unspecified atom stereocenters. The second-order valence-corrected chi connectivity index (χ2v) is 8.90. The van der Waals surface area contributed by atoms with Crippen LogP contribution < -0.4 is 15.5 Å². The van der Waals surface area contributed by atoms with E-state index in [0.717, 1.165) is 6.07 Å². The Balaban J connectivity index is 1.64. The molecule has 0 saturated heterocycles. The van der Waals surface area contributed by atoms with Crippen LogP contribution in [0.5, 0.6) is 5.75 Å². The molecule has 0 heterocycles. The van der Waals surface area contributed by atoms with Crippen molar-refractivity contribution in [2.75, 3.05) is 6.54 Å². The Bertz CT molecular complexity index is 1270. The van der Waals surface area contributed by atoms with Gasteiger partial charge in [-0.25, -0.2) is 14.6 Å². The molecule has 0 aliphatic rings. The average molecular weight is 612 g/mol. The zero-order valence-corrected chi connectivity index (χ0v) is 21.1. The lowest BCUT2D eigenvalue weighted by molar-refractivity contribution is -0.120. The number of ether oxygens (including phenoxy) is 1. The summed E-state index contributed by atoms with van der Waals surface area (Å²) >= 11 is 12.4. The highest BCUT2D eigenvalue weighted by molar-refractivity contribution is 9.11. The summed E-state index contributed by atoms with van der Waals surface area (Å²) in [7, 11) is 0. The van der Waals surface area contributed by atoms with Crippen molar-refractivity contribution in [3.63, 3.8) is 0 Å². The van der Waals surface area contributed by atoms with Gasteiger partial charge < -0.3 is 10.1 Å². The van der Waals surface area contributed by atoms with Gasteiger partial charge in [0.05, 0.1) is 22.8 Å². The van der Waals surface area contributed by atoms with Crippen molar-refractivity contribution in [1.82, 2.24) is 10.7 Å². The minimum Gasteiger partial charge on any atom is -0.421 e. The van der Waals surface area contributed by atoms with Crippen LogP contribution >= 0.6 is 43.5 Å². The van der Waals surface area contributed by atoms with Crippen LogP contribution in [0.15, 0.2) is 74.7 Å². The third-order valence-corrected chi connectivity index (χ3v) is 5.50. The van der Waals surface area contributed by atoms with Crippen molar-refractivity contribution in [2.24, 2.45) is 5.10 Å². The number of hydrazone groups is 1. The number of nitrogens with one attached hydrogen (secondary N) is 2. The Morgan fingerprint density at radius 2 is 1.76 bits per heavy atom. The van der Waals surface area contributed by atoms with Gasteiger partial charge in [-0.2, -0.15) is 5.10 Å². The Kier molecular flexibility index (Phi) is 8.91. The van der Waals surface area contributed by atoms with Crippen LogP contribution in [0.3, 0.4) is 0 Å². The van der Waals surface area contributed by atoms with Crippen LogP contribution in [0.1, 0.15) is 26.3 Å². The summed E-state index contributed by atoms with van der Waals surface area (Å²) in [5.41, 5.74) is 3.01. The fraction of sp³-hybridized carbons (Fsp3) is 0.0435. The van der Waals surface area contributed by atoms with E-state index in [2.05, 4.69) is 47.7 Å². The minimum atomic E-state index is -0.772. The Morgan fingerprint density at radius 1 is 1.03 bits per heavy atom. The molecule has 11 heteroatoms. The lowest BCUT2D eigenvalue weighted by atomic mass is 10.2. The first-order chi connectivity index (χ1) is 16.2. The molecule has 3 aromatic rings. The normalized spacial score (nSPS) is 10.7. The monoisotopic (exact) mass is 609 g/mol. The van der Waals surface area contributed by atoms with E-state index in [4.69, 9.17) is 16.3 Å². The minimum absolute atomic E-state index is 0.0300. The first-order valence-electron chi connectivity index (χ1n) is 9.55. The predicted octanol–water partition coefficient (Wildman–Crippen LogP) is 5.10. The second-order valence-electron chi connectivity index (χ2n) is 6.69. The van der Waals surface area contributed by atoms with E-state index in [1.54, 1.807) is 24.3 Å². The molecule has 0 atom stereocenters. The van der Waals surface area contributed by atoms with Crippen molar-refractivity contribution in [2.45, 2.75) is 0 Å². The van der Waals surface area contributed by atoms with Gasteiger partial charge in [0, 0.05) is 20.6 Å². The van der Waals surface area contributed by atoms with Crippen molar-refractivity contribution in [3.8, 4) is 5.75 Å². The first kappa shape index (κ1) is 25.5. The maximum Gasteiger partial charge on any atom is 0.343 e. The topological polar surface area (TPSA) is 96.9 Å². The molecular weight excluding hydrogens is 597 g/mol. The van der Waals surface area contributed by atoms with E-state index in [1.807, 2.05) is 0 Å². The van der Waals surface area contributed by atoms with E-state index < -0.39 is 23.6 Å². The molecule has 3 aromatic carbocycles. The Labute approximate surface area is 215 Å². The molecule has 0 bridgehead atoms. The Hall–Kier alpha value is -3.08. The molecule has 174 valence electrons. The summed E-state index contributed by atoms with van der Waals surface area (Å²) in [5.74, 6) is -2.25. The van der Waals surface area contributed by atoms with Gasteiger partial charge in [0.15, 0.2) is 5.75 Å². The number of carbonyl (C=O) groups excluding carboxylic acids is 3. The van der Waals surface area contributed by atoms with Crippen LogP contribution in [0.4, 0.5) is 4.39 Å². The molecule has 34 heavy (non-hydrogen) atoms. The number of rotatable bonds is 7. The highest BCUT2D eigenvalue weighted by Crippen LogP contribution is 2.32. The highest BCUT2D eigenvalue weighted by Gasteiger charge is 2.16. The standard InChI is InChI=1S/C23H15Br2ClFN3O4/c24-16-8-15(21(19(25)10-16)34-23(33)14-2-1-3-18(27)9-14)11-29-30-20(31)12-28-22(32)13-4-6-17(26)7-5-13/h1-11H,12H2,(H,28,32)(H,30,31). The fourth-order valence-corrected chi connectivity index (χ4v) is 4.09. The second kappa shape index (κ2) is 11.9. The summed E-state index contributed by atoms with van der Waals surface area (Å²) in [6, 6.07) is 14.5. The molecule has 0 aliphatic heterocycles. The smallest absolute Gasteiger partial charge is 0.343 e. The number of amides is 2. The molecule has 0 aromatic heterocycles. The quantitative estimate of drug-likeness (QED) is 0.168. The largest absolute Gasteiger partial charge is 0.421 e. The van der Waals surface area contributed by atoms with Gasteiger partial charge in [-0.05, 0) is 70.5 Å². The van der Waals surface area contributed by atoms with Crippen LogP contribution in [0.2, 0.25) is 5.02 Å². The van der Waals surface area contributed by atoms with Gasteiger partial charge in [-0.3, -0.25) is 9.59 Å². The van der Waals surface area contributed by atoms with Gasteiger partial charge in [0.1, 0.15) is 5.82 Å². The molecule has 0 spiro atoms. The van der Waals surface area contributed by atoms with Crippen molar-refractivity contribution < 1.29 is 23.5 Å². The third-order valence-electron chi connectivity index (χ3n) is 4.20. The molecule has 0 fully saturated rings. The number of halogens is 4. The number of hydrogen-bond donors (Lipinski definition) is 2. The summed E-state index contributed by atoms with van der Waals surface area (Å²) in [6.45, 7) is -0.317. The van der Waals surface area contributed by atoms with Crippen molar-refractivity contribution in [1.29, 1.82) is 0 Å². The lowest BCUT2D eigenvalue weighted by Crippen LogP contribution is -2.34. The molecule has 0 aliphatic carbocycles. The number of nitrogens with zero attached hydrogens (tertiary/aromatic N) is 1. The van der Waals surface area contributed by atoms with Crippen LogP contribution in [0, 0.1) is 5.82 Å². The van der Waals surface area contributed by atoms with E-state index in [1.165, 1.54) is 36.5 Å². The van der Waals surface area contributed by atoms with Gasteiger partial charge in [0.2, 0.25) is 0 Å². The van der Waals surface area contributed by atoms with Crippen LogP contribution in [-0.4, -0.2) is 30.5 Å². The fourth-order valence-electron chi connectivity index (χ4n) is 2.63. The molecule has 0 saturated carbocycles. The van der Waals surface area contributed by atoms with E-state index >= 15 is 0 Å². The average Bonchev–Trinajstić information content (AvgIpc) is 2.80. The van der Waals surface area contributed by atoms with E-state index in [-0.39, 0.29) is 17.9 Å². The number of carbonyl (C=O) groups is 3. The first-order valence-corrected chi connectivity index (χ1v) is 11.5. The summed E-state index contributed by atoms with van der Waals surface area (Å²) < 4.78 is 19.9. The van der Waals surface area contributed by atoms with Crippen molar-refractivity contribution >= 4 is 67.5 Å². The molecule has 2 amide bonds. The van der Waals surface area contributed by atoms with Gasteiger partial charge in [-0.1, -0.05) is 33.6 Å². The molecule has 7 nitrogen and oxygen atoms in total. The summed E-state index contributed by atoms with van der Waals surface area (Å²) in [4.78, 5) is 36.5. The van der Waals surface area contributed by atoms with Gasteiger partial charge in [-0.15, -0.1) is 0 Å². The highest BCUT2D eigenvalue weighted by atomic mass is 79.9. The van der Waals surface area contributed by atoms with Gasteiger partial charge in [0.25, 0.3) is 11.8 Å². The summed E-state index contributed by atoms with van der Waals surface area (Å²) in [6.07, 6.45) is 1.27. The molecular formula is C23H15Br2ClFN3O4. The van der Waals surface area contributed by atoms with Crippen molar-refractivity contribution in [3.05, 3.63) is 97.1 Å². The zero-order valence-electron chi connectivity index (χ0n) is 17.2. The maximum atomic E-state index is 13.4. The summed E-state index contributed by atoms with van der Waals surface area (Å²) in [5, 5.41) is 6.81. The molecule has 2 N–H and O–H groups in total. The number of hydrogen-bond acceptors (Lipinski definition) is 5. The SMILES string of the molecule is O=C(CNC(=O)c1ccc(Cl)cc1)NN=Cc1cc(Br)cc(Br)c1OC(=O)c1cccc(F)c1. The third kappa shape index (κ3) is 7.21. The molecule has 0 radical (unpaired) electrons. The molecule has 3 rings (SSSR count). The van der Waals surface area contributed by atoms with Crippen LogP contribution in [-0.2, 0) is 4.79 Å². The maximum absolute atomic E-state index is 13.4. The predicted molar refractivity (Wildman–Crippen MR) is 133 cm³/mol. The van der Waals surface area contributed by atoms with E-state index in [0.29, 0.717) is 25.1 Å². The Morgan fingerprint density at radius 3 is 2.47 bits per heavy atom. The van der Waals surface area contributed by atoms with Gasteiger partial charge >= 0.3 is 5.97 Å². The lowest BCUT2D eigenvalue weighted by Gasteiger charge is -2.10. The number of benzene rings is 3. The van der Waals surface area contributed by atoms with Crippen LogP contribution in [0.25, 0.3) is 0 Å². The number of esters is 1. The van der Waals surface area contributed by atoms with E-state index in [9.17, 15) is 18.8 Å². The zero-order chi connectivity index (χ0) is 24.7.